The van der Waals surface area contributed by atoms with E-state index in [1.165, 1.54) is 10.5 Å². The number of rotatable bonds is 3. The predicted octanol–water partition coefficient (Wildman–Crippen LogP) is 3.14. The monoisotopic (exact) mass is 290 g/mol. The molecule has 0 saturated carbocycles. The molecule has 5 nitrogen and oxygen atoms in total. The first-order chi connectivity index (χ1) is 9.97. The van der Waals surface area contributed by atoms with Crippen LogP contribution >= 0.6 is 0 Å². The molecule has 1 aliphatic rings. The smallest absolute Gasteiger partial charge is 0.407 e. The molecule has 0 aliphatic carbocycles. The van der Waals surface area contributed by atoms with Crippen LogP contribution in [0.1, 0.15) is 38.2 Å². The van der Waals surface area contributed by atoms with E-state index >= 15 is 0 Å². The molecule has 2 N–H and O–H groups in total. The van der Waals surface area contributed by atoms with Gasteiger partial charge in [0, 0.05) is 24.7 Å². The van der Waals surface area contributed by atoms with Crippen molar-refractivity contribution in [1.29, 1.82) is 0 Å². The first-order valence-corrected chi connectivity index (χ1v) is 7.36. The molecule has 1 fully saturated rings. The lowest BCUT2D eigenvalue weighted by molar-refractivity contribution is -0.118. The Bertz CT molecular complexity index is 503. The normalized spacial score (nSPS) is 16.0. The lowest BCUT2D eigenvalue weighted by Crippen LogP contribution is -2.36. The van der Waals surface area contributed by atoms with E-state index in [-0.39, 0.29) is 11.8 Å². The van der Waals surface area contributed by atoms with Crippen LogP contribution in [0, 0.1) is 5.92 Å². The van der Waals surface area contributed by atoms with E-state index < -0.39 is 6.09 Å². The molecule has 2 amide bonds. The fourth-order valence-electron chi connectivity index (χ4n) is 2.53. The first-order valence-electron chi connectivity index (χ1n) is 7.36. The highest BCUT2D eigenvalue weighted by Crippen LogP contribution is 2.28. The average Bonchev–Trinajstić information content (AvgIpc) is 2.48. The molecule has 0 unspecified atom stereocenters. The summed E-state index contributed by atoms with van der Waals surface area (Å²) in [4.78, 5) is 24.0. The maximum absolute atomic E-state index is 11.6. The summed E-state index contributed by atoms with van der Waals surface area (Å²) in [5, 5.41) is 11.8. The highest BCUT2D eigenvalue weighted by atomic mass is 16.4. The molecule has 114 valence electrons. The van der Waals surface area contributed by atoms with E-state index in [2.05, 4.69) is 5.32 Å². The fraction of sp³-hybridized carbons (Fsp3) is 0.500. The Morgan fingerprint density at radius 1 is 1.19 bits per heavy atom. The molecular formula is C16H22N2O3. The predicted molar refractivity (Wildman–Crippen MR) is 81.5 cm³/mol. The zero-order chi connectivity index (χ0) is 15.4. The third kappa shape index (κ3) is 3.97. The van der Waals surface area contributed by atoms with Crippen LogP contribution in [0.2, 0.25) is 0 Å². The van der Waals surface area contributed by atoms with Crippen molar-refractivity contribution >= 4 is 17.7 Å². The van der Waals surface area contributed by atoms with Crippen LogP contribution in [-0.4, -0.2) is 35.1 Å². The van der Waals surface area contributed by atoms with Crippen molar-refractivity contribution < 1.29 is 14.7 Å². The van der Waals surface area contributed by atoms with Crippen LogP contribution in [0.4, 0.5) is 10.5 Å². The number of amides is 2. The number of carbonyl (C=O) groups excluding carboxylic acids is 1. The summed E-state index contributed by atoms with van der Waals surface area (Å²) in [5.74, 6) is 0.373. The van der Waals surface area contributed by atoms with E-state index in [4.69, 9.17) is 5.11 Å². The van der Waals surface area contributed by atoms with E-state index in [1.54, 1.807) is 0 Å². The first kappa shape index (κ1) is 15.4. The number of hydrogen-bond donors (Lipinski definition) is 2. The van der Waals surface area contributed by atoms with Gasteiger partial charge in [0.1, 0.15) is 0 Å². The van der Waals surface area contributed by atoms with Crippen LogP contribution in [0.5, 0.6) is 0 Å². The Morgan fingerprint density at radius 2 is 1.76 bits per heavy atom. The summed E-state index contributed by atoms with van der Waals surface area (Å²) in [6.07, 6.45) is 0.869. The van der Waals surface area contributed by atoms with Gasteiger partial charge in [0.15, 0.2) is 0 Å². The molecule has 0 radical (unpaired) electrons. The van der Waals surface area contributed by atoms with Gasteiger partial charge in [-0.05, 0) is 36.5 Å². The minimum absolute atomic E-state index is 0.0116. The molecule has 0 spiro atoms. The molecule has 0 bridgehead atoms. The molecule has 21 heavy (non-hydrogen) atoms. The quantitative estimate of drug-likeness (QED) is 0.898. The van der Waals surface area contributed by atoms with Crippen molar-refractivity contribution in [2.45, 2.75) is 32.6 Å². The van der Waals surface area contributed by atoms with Crippen LogP contribution in [0.3, 0.4) is 0 Å². The minimum Gasteiger partial charge on any atom is -0.465 e. The third-order valence-electron chi connectivity index (χ3n) is 3.94. The van der Waals surface area contributed by atoms with Crippen molar-refractivity contribution in [3.05, 3.63) is 29.8 Å². The minimum atomic E-state index is -0.833. The molecule has 1 aliphatic heterocycles. The standard InChI is InChI=1S/C16H22N2O3/c1-11(2)15(19)17-14-5-3-12(4-6-14)13-7-9-18(10-8-13)16(20)21/h3-6,11,13H,7-10H2,1-2H3,(H,17,19)(H,20,21). The summed E-state index contributed by atoms with van der Waals surface area (Å²) in [7, 11) is 0. The highest BCUT2D eigenvalue weighted by molar-refractivity contribution is 5.92. The van der Waals surface area contributed by atoms with Crippen LogP contribution in [0.25, 0.3) is 0 Å². The zero-order valence-electron chi connectivity index (χ0n) is 12.5. The second kappa shape index (κ2) is 6.61. The average molecular weight is 290 g/mol. The van der Waals surface area contributed by atoms with Gasteiger partial charge in [0.25, 0.3) is 0 Å². The van der Waals surface area contributed by atoms with Gasteiger partial charge >= 0.3 is 6.09 Å². The number of likely N-dealkylation sites (tertiary alicyclic amines) is 1. The lowest BCUT2D eigenvalue weighted by Gasteiger charge is -2.30. The van der Waals surface area contributed by atoms with Gasteiger partial charge in [0.05, 0.1) is 0 Å². The molecule has 1 aromatic carbocycles. The Morgan fingerprint density at radius 3 is 2.24 bits per heavy atom. The van der Waals surface area contributed by atoms with Gasteiger partial charge in [-0.25, -0.2) is 4.79 Å². The molecule has 1 aromatic rings. The van der Waals surface area contributed by atoms with Crippen molar-refractivity contribution in [2.24, 2.45) is 5.92 Å². The summed E-state index contributed by atoms with van der Waals surface area (Å²) in [5.41, 5.74) is 2.02. The van der Waals surface area contributed by atoms with Crippen molar-refractivity contribution in [1.82, 2.24) is 4.90 Å². The molecular weight excluding hydrogens is 268 g/mol. The number of piperidine rings is 1. The van der Waals surface area contributed by atoms with Crippen molar-refractivity contribution in [3.8, 4) is 0 Å². The number of hydrogen-bond acceptors (Lipinski definition) is 2. The van der Waals surface area contributed by atoms with Gasteiger partial charge in [-0.2, -0.15) is 0 Å². The number of nitrogens with one attached hydrogen (secondary N) is 1. The van der Waals surface area contributed by atoms with Crippen LogP contribution in [-0.2, 0) is 4.79 Å². The van der Waals surface area contributed by atoms with E-state index in [1.807, 2.05) is 38.1 Å². The number of benzene rings is 1. The summed E-state index contributed by atoms with van der Waals surface area (Å²) < 4.78 is 0. The van der Waals surface area contributed by atoms with Gasteiger partial charge in [-0.1, -0.05) is 26.0 Å². The summed E-state index contributed by atoms with van der Waals surface area (Å²) >= 11 is 0. The third-order valence-corrected chi connectivity index (χ3v) is 3.94. The fourth-order valence-corrected chi connectivity index (χ4v) is 2.53. The van der Waals surface area contributed by atoms with E-state index in [0.717, 1.165) is 18.5 Å². The largest absolute Gasteiger partial charge is 0.465 e. The van der Waals surface area contributed by atoms with E-state index in [9.17, 15) is 9.59 Å². The Kier molecular flexibility index (Phi) is 4.83. The molecule has 0 aromatic heterocycles. The molecule has 2 rings (SSSR count). The topological polar surface area (TPSA) is 69.6 Å². The van der Waals surface area contributed by atoms with Gasteiger partial charge in [0.2, 0.25) is 5.91 Å². The second-order valence-corrected chi connectivity index (χ2v) is 5.81. The molecule has 5 heteroatoms. The number of anilines is 1. The lowest BCUT2D eigenvalue weighted by atomic mass is 9.89. The van der Waals surface area contributed by atoms with Crippen molar-refractivity contribution in [2.75, 3.05) is 18.4 Å². The maximum atomic E-state index is 11.6. The second-order valence-electron chi connectivity index (χ2n) is 5.81. The number of carboxylic acid groups (broad SMARTS) is 1. The summed E-state index contributed by atoms with van der Waals surface area (Å²) in [6.45, 7) is 4.90. The Balaban J connectivity index is 1.94. The number of nitrogens with zero attached hydrogens (tertiary/aromatic N) is 1. The van der Waals surface area contributed by atoms with Gasteiger partial charge < -0.3 is 15.3 Å². The van der Waals surface area contributed by atoms with Crippen molar-refractivity contribution in [3.63, 3.8) is 0 Å². The molecule has 1 saturated heterocycles. The Hall–Kier alpha value is -2.04. The summed E-state index contributed by atoms with van der Waals surface area (Å²) in [6, 6.07) is 7.88. The van der Waals surface area contributed by atoms with Gasteiger partial charge in [-0.3, -0.25) is 4.79 Å². The highest BCUT2D eigenvalue weighted by Gasteiger charge is 2.23. The number of carbonyl (C=O) groups is 2. The van der Waals surface area contributed by atoms with Crippen LogP contribution < -0.4 is 5.32 Å². The molecule has 1 heterocycles. The SMILES string of the molecule is CC(C)C(=O)Nc1ccc(C2CCN(C(=O)O)CC2)cc1. The zero-order valence-corrected chi connectivity index (χ0v) is 12.5. The van der Waals surface area contributed by atoms with Gasteiger partial charge in [-0.15, -0.1) is 0 Å². The van der Waals surface area contributed by atoms with Crippen LogP contribution in [0.15, 0.2) is 24.3 Å². The Labute approximate surface area is 125 Å². The molecule has 0 atom stereocenters. The maximum Gasteiger partial charge on any atom is 0.407 e. The van der Waals surface area contributed by atoms with E-state index in [0.29, 0.717) is 19.0 Å².